The predicted octanol–water partition coefficient (Wildman–Crippen LogP) is 2.20. The van der Waals surface area contributed by atoms with Crippen molar-refractivity contribution >= 4 is 60.3 Å². The summed E-state index contributed by atoms with van der Waals surface area (Å²) in [7, 11) is -5.86. The van der Waals surface area contributed by atoms with Crippen LogP contribution in [-0.4, -0.2) is 135 Å². The molecule has 7 rings (SSSR count). The van der Waals surface area contributed by atoms with Crippen LogP contribution >= 0.6 is 0 Å². The number of anilines is 1. The summed E-state index contributed by atoms with van der Waals surface area (Å²) >= 11 is 0. The number of carbonyl (C=O) groups is 4. The smallest absolute Gasteiger partial charge is 0.405 e. The van der Waals surface area contributed by atoms with Crippen molar-refractivity contribution in [2.75, 3.05) is 51.0 Å². The van der Waals surface area contributed by atoms with Crippen molar-refractivity contribution in [3.63, 3.8) is 0 Å². The number of benzene rings is 1. The zero-order chi connectivity index (χ0) is 43.4. The number of carbonyl (C=O) groups excluding carboxylic acids is 3. The number of nitrogens with one attached hydrogen (secondary N) is 3. The van der Waals surface area contributed by atoms with Crippen LogP contribution < -0.4 is 29.7 Å². The first-order chi connectivity index (χ1) is 28.2. The van der Waals surface area contributed by atoms with Crippen molar-refractivity contribution in [1.29, 1.82) is 0 Å². The minimum atomic E-state index is -4.04. The molecule has 0 bridgehead atoms. The fraction of sp³-hybridized carbons (Fsp3) is 0.625. The van der Waals surface area contributed by atoms with Gasteiger partial charge in [0, 0.05) is 49.3 Å². The highest BCUT2D eigenvalue weighted by atomic mass is 32.2. The Morgan fingerprint density at radius 1 is 1.03 bits per heavy atom. The molecule has 4 fully saturated rings. The summed E-state index contributed by atoms with van der Waals surface area (Å²) in [6, 6.07) is 2.94. The average Bonchev–Trinajstić information content (AvgIpc) is 4.07. The molecule has 2 saturated heterocycles. The van der Waals surface area contributed by atoms with E-state index in [2.05, 4.69) is 20.3 Å². The minimum absolute atomic E-state index is 0.0503. The molecule has 3 aliphatic heterocycles. The molecule has 328 valence electrons. The first kappa shape index (κ1) is 43.4. The summed E-state index contributed by atoms with van der Waals surface area (Å²) < 4.78 is 65.5. The van der Waals surface area contributed by atoms with Gasteiger partial charge in [-0.2, -0.15) is 4.31 Å². The first-order valence-corrected chi connectivity index (χ1v) is 23.8. The van der Waals surface area contributed by atoms with E-state index in [4.69, 9.17) is 9.47 Å². The largest absolute Gasteiger partial charge is 0.497 e. The summed E-state index contributed by atoms with van der Waals surface area (Å²) in [6.07, 6.45) is 7.12. The Labute approximate surface area is 350 Å². The van der Waals surface area contributed by atoms with Gasteiger partial charge in [-0.3, -0.25) is 19.1 Å². The highest BCUT2D eigenvalue weighted by Gasteiger charge is 2.63. The molecule has 4 N–H and O–H groups in total. The van der Waals surface area contributed by atoms with Gasteiger partial charge in [-0.05, 0) is 75.5 Å². The molecule has 0 unspecified atom stereocenters. The molecule has 2 aliphatic carbocycles. The third-order valence-electron chi connectivity index (χ3n) is 12.9. The molecule has 0 spiro atoms. The van der Waals surface area contributed by atoms with E-state index < -0.39 is 84.2 Å². The first-order valence-electron chi connectivity index (χ1n) is 20.4. The van der Waals surface area contributed by atoms with Crippen molar-refractivity contribution in [3.8, 4) is 11.6 Å². The molecule has 4 amide bonds. The van der Waals surface area contributed by atoms with Gasteiger partial charge in [-0.1, -0.05) is 26.0 Å². The zero-order valence-corrected chi connectivity index (χ0v) is 36.2. The average molecular weight is 874 g/mol. The maximum Gasteiger partial charge on any atom is 0.405 e. The fourth-order valence-corrected chi connectivity index (χ4v) is 10.9. The van der Waals surface area contributed by atoms with E-state index in [-0.39, 0.29) is 31.2 Å². The van der Waals surface area contributed by atoms with E-state index >= 15 is 0 Å². The van der Waals surface area contributed by atoms with E-state index in [1.165, 1.54) is 15.5 Å². The van der Waals surface area contributed by atoms with Gasteiger partial charge in [-0.15, -0.1) is 0 Å². The highest BCUT2D eigenvalue weighted by molar-refractivity contribution is 7.91. The Bertz CT molecular complexity index is 2300. The molecule has 7 atom stereocenters. The molecule has 4 heterocycles. The number of methoxy groups -OCH3 is 1. The number of hydrogen-bond donors (Lipinski definition) is 4. The highest BCUT2D eigenvalue weighted by Crippen LogP contribution is 2.48. The fourth-order valence-electron chi connectivity index (χ4n) is 8.80. The van der Waals surface area contributed by atoms with Gasteiger partial charge >= 0.3 is 6.09 Å². The number of sulfonamides is 2. The number of allylic oxidation sites excluding steroid dienone is 1. The Morgan fingerprint density at radius 3 is 2.40 bits per heavy atom. The van der Waals surface area contributed by atoms with E-state index in [0.29, 0.717) is 69.4 Å². The number of ether oxygens (including phenoxy) is 2. The number of aromatic nitrogens is 1. The van der Waals surface area contributed by atoms with Crippen molar-refractivity contribution in [1.82, 2.24) is 29.5 Å². The second-order valence-electron chi connectivity index (χ2n) is 17.4. The van der Waals surface area contributed by atoms with Crippen LogP contribution in [0.4, 0.5) is 10.5 Å². The molecule has 20 heteroatoms. The van der Waals surface area contributed by atoms with E-state index in [1.807, 2.05) is 30.0 Å². The summed E-state index contributed by atoms with van der Waals surface area (Å²) in [5.41, 5.74) is -0.852. The van der Waals surface area contributed by atoms with E-state index in [9.17, 15) is 41.1 Å². The van der Waals surface area contributed by atoms with Gasteiger partial charge in [0.05, 0.1) is 36.5 Å². The van der Waals surface area contributed by atoms with Crippen molar-refractivity contribution in [3.05, 3.63) is 36.5 Å². The quantitative estimate of drug-likeness (QED) is 0.265. The normalized spacial score (nSPS) is 29.9. The van der Waals surface area contributed by atoms with Gasteiger partial charge < -0.3 is 35.0 Å². The Balaban J connectivity index is 1.21. The van der Waals surface area contributed by atoms with Crippen molar-refractivity contribution in [2.24, 2.45) is 17.8 Å². The van der Waals surface area contributed by atoms with E-state index in [1.54, 1.807) is 39.3 Å². The monoisotopic (exact) mass is 873 g/mol. The number of piperazine rings is 1. The lowest BCUT2D eigenvalue weighted by atomic mass is 9.88. The van der Waals surface area contributed by atoms with Crippen LogP contribution in [0.1, 0.15) is 65.7 Å². The zero-order valence-electron chi connectivity index (χ0n) is 34.5. The molecule has 1 aromatic heterocycles. The number of rotatable bonds is 9. The molecule has 2 aromatic rings. The molecule has 2 saturated carbocycles. The maximum atomic E-state index is 14.6. The summed E-state index contributed by atoms with van der Waals surface area (Å²) in [4.78, 5) is 63.2. The van der Waals surface area contributed by atoms with Crippen molar-refractivity contribution in [2.45, 2.75) is 94.2 Å². The summed E-state index contributed by atoms with van der Waals surface area (Å²) in [5, 5.41) is 16.4. The van der Waals surface area contributed by atoms with Crippen LogP contribution in [0.15, 0.2) is 36.5 Å². The second kappa shape index (κ2) is 16.3. The van der Waals surface area contributed by atoms with Gasteiger partial charge in [0.15, 0.2) is 0 Å². The lowest BCUT2D eigenvalue weighted by Gasteiger charge is -2.35. The summed E-state index contributed by atoms with van der Waals surface area (Å²) in [5.74, 6) is -2.26. The molecule has 18 nitrogen and oxygen atoms in total. The number of pyridine rings is 1. The Morgan fingerprint density at radius 2 is 1.75 bits per heavy atom. The van der Waals surface area contributed by atoms with Crippen molar-refractivity contribution < 1.29 is 50.6 Å². The third kappa shape index (κ3) is 8.72. The number of carboxylic acid groups (broad SMARTS) is 1. The molecule has 1 aromatic carbocycles. The molecular weight excluding hydrogens is 819 g/mol. The number of fused-ring (bicyclic) bond motifs is 3. The van der Waals surface area contributed by atoms with Crippen LogP contribution in [-0.2, 0) is 34.4 Å². The molecule has 60 heavy (non-hydrogen) atoms. The Kier molecular flexibility index (Phi) is 11.8. The molecular formula is C40H55N7O11S2. The van der Waals surface area contributed by atoms with Gasteiger partial charge in [-0.25, -0.2) is 26.6 Å². The standard InChI is InChI=1S/C40H55N7O11S2/c1-24-8-6-7-9-26-21-40(26,37(50)44-60(55,56)39(3)12-13-39)43-34(48)31-20-28(23-47(31)36(49)33(25(2)18-24)42-38(51)52)58-35-29-11-10-27(57-4)19-30(29)32(22-41-35)45-14-16-46(17-15-45)59(5,53)54/h7,9-11,19,22,24-26,28,31,33,42H,6,8,12-18,20-21,23H2,1-5H3,(H,43,48)(H,44,50)(H,51,52)/t24-,25-,26-,28-,31+,33+,40-/m1/s1. The predicted molar refractivity (Wildman–Crippen MR) is 221 cm³/mol. The van der Waals surface area contributed by atoms with Crippen LogP contribution in [0.3, 0.4) is 0 Å². The van der Waals surface area contributed by atoms with Gasteiger partial charge in [0.1, 0.15) is 29.5 Å². The van der Waals surface area contributed by atoms with Crippen LogP contribution in [0.25, 0.3) is 10.8 Å². The number of hydrogen-bond acceptors (Lipinski definition) is 12. The Hall–Kier alpha value is -4.69. The third-order valence-corrected chi connectivity index (χ3v) is 16.4. The summed E-state index contributed by atoms with van der Waals surface area (Å²) in [6.45, 7) is 6.68. The number of amides is 4. The SMILES string of the molecule is COc1ccc2c(O[C@@H]3C[C@H]4C(=O)N[C@]5(C(=O)NS(=O)(=O)C6(C)CC6)C[C@H]5C=CCC[C@@H](C)C[C@@H](C)[C@H](NC(=O)O)C(=O)N4C3)ncc(N3CCN(S(C)(=O)=O)CC3)c2c1. The van der Waals surface area contributed by atoms with Crippen LogP contribution in [0.2, 0.25) is 0 Å². The topological polar surface area (TPSA) is 234 Å². The lowest BCUT2D eigenvalue weighted by molar-refractivity contribution is -0.142. The van der Waals surface area contributed by atoms with E-state index in [0.717, 1.165) is 11.1 Å². The lowest BCUT2D eigenvalue weighted by Crippen LogP contribution is -2.59. The number of nitrogens with zero attached hydrogens (tertiary/aromatic N) is 4. The van der Waals surface area contributed by atoms with Gasteiger partial charge in [0.2, 0.25) is 37.7 Å². The van der Waals surface area contributed by atoms with Crippen LogP contribution in [0, 0.1) is 17.8 Å². The van der Waals surface area contributed by atoms with Gasteiger partial charge in [0.25, 0.3) is 5.91 Å². The molecule has 5 aliphatic rings. The second-order valence-corrected chi connectivity index (χ2v) is 21.6. The molecule has 0 radical (unpaired) electrons. The minimum Gasteiger partial charge on any atom is -0.497 e. The van der Waals surface area contributed by atoms with Crippen LogP contribution in [0.5, 0.6) is 11.6 Å². The maximum absolute atomic E-state index is 14.6.